The summed E-state index contributed by atoms with van der Waals surface area (Å²) in [5, 5.41) is 11.6. The van der Waals surface area contributed by atoms with Crippen molar-refractivity contribution in [2.24, 2.45) is 5.92 Å². The molecule has 0 bridgehead atoms. The Bertz CT molecular complexity index is 346. The van der Waals surface area contributed by atoms with Gasteiger partial charge in [0.1, 0.15) is 0 Å². The number of hydrogen-bond donors (Lipinski definition) is 2. The number of carbonyl (C=O) groups excluding carboxylic acids is 1. The van der Waals surface area contributed by atoms with E-state index >= 15 is 0 Å². The van der Waals surface area contributed by atoms with Gasteiger partial charge in [-0.2, -0.15) is 0 Å². The van der Waals surface area contributed by atoms with Crippen molar-refractivity contribution >= 4 is 5.91 Å². The van der Waals surface area contributed by atoms with Gasteiger partial charge in [0.05, 0.1) is 0 Å². The Balaban J connectivity index is 2.46. The normalized spacial score (nSPS) is 12.2. The molecule has 94 valence electrons. The van der Waals surface area contributed by atoms with Gasteiger partial charge in [0.2, 0.25) is 0 Å². The summed E-state index contributed by atoms with van der Waals surface area (Å²) >= 11 is 0. The van der Waals surface area contributed by atoms with Crippen LogP contribution in [0, 0.1) is 5.92 Å². The molecule has 3 nitrogen and oxygen atoms in total. The van der Waals surface area contributed by atoms with Gasteiger partial charge in [-0.25, -0.2) is 0 Å². The zero-order valence-corrected chi connectivity index (χ0v) is 10.6. The minimum Gasteiger partial charge on any atom is -0.396 e. The Morgan fingerprint density at radius 3 is 2.53 bits per heavy atom. The van der Waals surface area contributed by atoms with Crippen molar-refractivity contribution in [3.8, 4) is 0 Å². The van der Waals surface area contributed by atoms with Crippen LogP contribution in [-0.2, 0) is 6.42 Å². The number of rotatable bonds is 6. The first-order chi connectivity index (χ1) is 8.17. The highest BCUT2D eigenvalue weighted by Gasteiger charge is 2.07. The highest BCUT2D eigenvalue weighted by atomic mass is 16.3. The first kappa shape index (κ1) is 13.7. The largest absolute Gasteiger partial charge is 0.396 e. The molecule has 17 heavy (non-hydrogen) atoms. The molecule has 0 saturated heterocycles. The molecule has 0 aliphatic heterocycles. The summed E-state index contributed by atoms with van der Waals surface area (Å²) < 4.78 is 0. The monoisotopic (exact) mass is 235 g/mol. The molecule has 0 radical (unpaired) electrons. The molecule has 1 rings (SSSR count). The smallest absolute Gasteiger partial charge is 0.251 e. The van der Waals surface area contributed by atoms with E-state index in [0.29, 0.717) is 18.0 Å². The molecular formula is C14H21NO2. The van der Waals surface area contributed by atoms with Crippen LogP contribution in [-0.4, -0.2) is 24.2 Å². The first-order valence-corrected chi connectivity index (χ1v) is 6.15. The number of nitrogens with one attached hydrogen (secondary N) is 1. The van der Waals surface area contributed by atoms with Crippen molar-refractivity contribution in [1.82, 2.24) is 5.32 Å². The molecule has 3 heteroatoms. The molecule has 0 aliphatic rings. The summed E-state index contributed by atoms with van der Waals surface area (Å²) in [5.41, 5.74) is 1.92. The molecule has 1 unspecified atom stereocenters. The number of carbonyl (C=O) groups is 1. The van der Waals surface area contributed by atoms with Gasteiger partial charge in [-0.1, -0.05) is 26.0 Å². The molecule has 2 N–H and O–H groups in total. The van der Waals surface area contributed by atoms with Crippen LogP contribution < -0.4 is 5.32 Å². The number of amides is 1. The van der Waals surface area contributed by atoms with Crippen molar-refractivity contribution < 1.29 is 9.90 Å². The standard InChI is InChI=1S/C14H21NO2/c1-3-12-4-6-13(7-5-12)14(17)15-10-11(2)8-9-16/h4-7,11,16H,3,8-10H2,1-2H3,(H,15,17). The Morgan fingerprint density at radius 2 is 2.00 bits per heavy atom. The predicted octanol–water partition coefficient (Wildman–Crippen LogP) is 2.00. The molecule has 0 heterocycles. The van der Waals surface area contributed by atoms with Gasteiger partial charge >= 0.3 is 0 Å². The van der Waals surface area contributed by atoms with E-state index in [2.05, 4.69) is 12.2 Å². The second kappa shape index (κ2) is 7.07. The summed E-state index contributed by atoms with van der Waals surface area (Å²) in [6, 6.07) is 7.66. The molecule has 0 saturated carbocycles. The third kappa shape index (κ3) is 4.57. The summed E-state index contributed by atoms with van der Waals surface area (Å²) in [7, 11) is 0. The van der Waals surface area contributed by atoms with Crippen LogP contribution in [0.1, 0.15) is 36.2 Å². The van der Waals surface area contributed by atoms with Gasteiger partial charge in [0.25, 0.3) is 5.91 Å². The quantitative estimate of drug-likeness (QED) is 0.792. The Morgan fingerprint density at radius 1 is 1.35 bits per heavy atom. The van der Waals surface area contributed by atoms with Crippen molar-refractivity contribution in [1.29, 1.82) is 0 Å². The number of hydrogen-bond acceptors (Lipinski definition) is 2. The molecule has 0 spiro atoms. The average Bonchev–Trinajstić information content (AvgIpc) is 2.36. The maximum atomic E-state index is 11.8. The van der Waals surface area contributed by atoms with E-state index in [9.17, 15) is 4.79 Å². The van der Waals surface area contributed by atoms with Crippen molar-refractivity contribution in [3.05, 3.63) is 35.4 Å². The van der Waals surface area contributed by atoms with Gasteiger partial charge in [0, 0.05) is 18.7 Å². The highest BCUT2D eigenvalue weighted by molar-refractivity contribution is 5.94. The Hall–Kier alpha value is -1.35. The van der Waals surface area contributed by atoms with E-state index in [0.717, 1.165) is 12.8 Å². The van der Waals surface area contributed by atoms with Crippen molar-refractivity contribution in [2.45, 2.75) is 26.7 Å². The van der Waals surface area contributed by atoms with Gasteiger partial charge in [-0.3, -0.25) is 4.79 Å². The predicted molar refractivity (Wildman–Crippen MR) is 69.0 cm³/mol. The summed E-state index contributed by atoms with van der Waals surface area (Å²) in [6.45, 7) is 4.87. The molecule has 0 fully saturated rings. The van der Waals surface area contributed by atoms with Crippen LogP contribution in [0.3, 0.4) is 0 Å². The van der Waals surface area contributed by atoms with E-state index in [-0.39, 0.29) is 12.5 Å². The van der Waals surface area contributed by atoms with Gasteiger partial charge in [-0.05, 0) is 36.5 Å². The SMILES string of the molecule is CCc1ccc(C(=O)NCC(C)CCO)cc1. The van der Waals surface area contributed by atoms with E-state index < -0.39 is 0 Å². The lowest BCUT2D eigenvalue weighted by atomic mass is 10.1. The molecule has 1 atom stereocenters. The highest BCUT2D eigenvalue weighted by Crippen LogP contribution is 2.05. The van der Waals surface area contributed by atoms with E-state index in [1.807, 2.05) is 31.2 Å². The number of aliphatic hydroxyl groups is 1. The third-order valence-electron chi connectivity index (χ3n) is 2.86. The topological polar surface area (TPSA) is 49.3 Å². The lowest BCUT2D eigenvalue weighted by molar-refractivity contribution is 0.0945. The summed E-state index contributed by atoms with van der Waals surface area (Å²) in [6.07, 6.45) is 1.70. The van der Waals surface area contributed by atoms with Crippen molar-refractivity contribution in [3.63, 3.8) is 0 Å². The lowest BCUT2D eigenvalue weighted by Gasteiger charge is -2.11. The third-order valence-corrected chi connectivity index (χ3v) is 2.86. The van der Waals surface area contributed by atoms with E-state index in [1.165, 1.54) is 5.56 Å². The Kier molecular flexibility index (Phi) is 5.70. The van der Waals surface area contributed by atoms with Gasteiger partial charge in [-0.15, -0.1) is 0 Å². The number of aryl methyl sites for hydroxylation is 1. The van der Waals surface area contributed by atoms with Gasteiger partial charge < -0.3 is 10.4 Å². The van der Waals surface area contributed by atoms with Gasteiger partial charge in [0.15, 0.2) is 0 Å². The fourth-order valence-electron chi connectivity index (χ4n) is 1.58. The number of aliphatic hydroxyl groups excluding tert-OH is 1. The number of benzene rings is 1. The summed E-state index contributed by atoms with van der Waals surface area (Å²) in [4.78, 5) is 11.8. The minimum absolute atomic E-state index is 0.0440. The molecule has 1 aromatic carbocycles. The van der Waals surface area contributed by atoms with Crippen LogP contribution in [0.4, 0.5) is 0 Å². The maximum absolute atomic E-state index is 11.8. The second-order valence-corrected chi connectivity index (χ2v) is 4.38. The van der Waals surface area contributed by atoms with Crippen LogP contribution in [0.2, 0.25) is 0 Å². The summed E-state index contributed by atoms with van der Waals surface area (Å²) in [5.74, 6) is 0.260. The van der Waals surface area contributed by atoms with Crippen molar-refractivity contribution in [2.75, 3.05) is 13.2 Å². The van der Waals surface area contributed by atoms with Crippen LogP contribution in [0.5, 0.6) is 0 Å². The minimum atomic E-state index is -0.0440. The molecule has 1 amide bonds. The average molecular weight is 235 g/mol. The van der Waals surface area contributed by atoms with E-state index in [1.54, 1.807) is 0 Å². The van der Waals surface area contributed by atoms with Crippen LogP contribution in [0.25, 0.3) is 0 Å². The zero-order valence-electron chi connectivity index (χ0n) is 10.6. The Labute approximate surface area is 103 Å². The molecule has 0 aliphatic carbocycles. The molecule has 1 aromatic rings. The molecule has 0 aromatic heterocycles. The fraction of sp³-hybridized carbons (Fsp3) is 0.500. The zero-order chi connectivity index (χ0) is 12.7. The van der Waals surface area contributed by atoms with Crippen LogP contribution >= 0.6 is 0 Å². The second-order valence-electron chi connectivity index (χ2n) is 4.38. The lowest BCUT2D eigenvalue weighted by Crippen LogP contribution is -2.28. The fourth-order valence-corrected chi connectivity index (χ4v) is 1.58. The first-order valence-electron chi connectivity index (χ1n) is 6.15. The van der Waals surface area contributed by atoms with Crippen LogP contribution in [0.15, 0.2) is 24.3 Å². The molecular weight excluding hydrogens is 214 g/mol. The van der Waals surface area contributed by atoms with E-state index in [4.69, 9.17) is 5.11 Å². The maximum Gasteiger partial charge on any atom is 0.251 e.